The van der Waals surface area contributed by atoms with E-state index in [2.05, 4.69) is 6.58 Å². The van der Waals surface area contributed by atoms with Crippen LogP contribution in [0.3, 0.4) is 0 Å². The van der Waals surface area contributed by atoms with Crippen LogP contribution < -0.4 is 5.73 Å². The fourth-order valence-electron chi connectivity index (χ4n) is 2.10. The molecule has 6 nitrogen and oxygen atoms in total. The Bertz CT molecular complexity index is 662. The molecule has 1 aliphatic rings. The second kappa shape index (κ2) is 6.01. The van der Waals surface area contributed by atoms with E-state index in [0.29, 0.717) is 5.76 Å². The van der Waals surface area contributed by atoms with Crippen LogP contribution in [0.4, 0.5) is 0 Å². The average molecular weight is 286 g/mol. The summed E-state index contributed by atoms with van der Waals surface area (Å²) in [6.45, 7) is 5.13. The topological polar surface area (TPSA) is 98.5 Å². The second-order valence-electron chi connectivity index (χ2n) is 4.30. The summed E-state index contributed by atoms with van der Waals surface area (Å²) in [5.41, 5.74) is 6.03. The normalized spacial score (nSPS) is 18.0. The smallest absolute Gasteiger partial charge is 0.338 e. The van der Waals surface area contributed by atoms with Gasteiger partial charge in [0, 0.05) is 0 Å². The van der Waals surface area contributed by atoms with Crippen molar-refractivity contribution in [3.05, 3.63) is 59.6 Å². The quantitative estimate of drug-likeness (QED) is 0.672. The maximum atomic E-state index is 12.2. The number of nitriles is 1. The van der Waals surface area contributed by atoms with E-state index in [1.165, 1.54) is 12.3 Å². The van der Waals surface area contributed by atoms with Gasteiger partial charge in [0.25, 0.3) is 0 Å². The zero-order valence-electron chi connectivity index (χ0n) is 11.5. The number of rotatable bonds is 4. The summed E-state index contributed by atoms with van der Waals surface area (Å²) in [6.07, 6.45) is 2.91. The lowest BCUT2D eigenvalue weighted by Gasteiger charge is -2.25. The molecule has 1 aromatic rings. The summed E-state index contributed by atoms with van der Waals surface area (Å²) in [4.78, 5) is 12.2. The third kappa shape index (κ3) is 2.67. The van der Waals surface area contributed by atoms with Gasteiger partial charge in [-0.2, -0.15) is 5.26 Å². The summed E-state index contributed by atoms with van der Waals surface area (Å²) in [5.74, 6) is -0.688. The molecule has 21 heavy (non-hydrogen) atoms. The molecule has 1 aliphatic heterocycles. The standard InChI is InChI=1S/C15H14N2O4/c1-3-6-20-15(18)12-9(2)21-14(17)10(8-16)13(12)11-5-4-7-19-11/h3-5,7,13H,1,6,17H2,2H3/t13-/m1/s1. The first-order valence-electron chi connectivity index (χ1n) is 6.20. The Kier molecular flexibility index (Phi) is 4.14. The Morgan fingerprint density at radius 2 is 2.43 bits per heavy atom. The van der Waals surface area contributed by atoms with Crippen molar-refractivity contribution >= 4 is 5.97 Å². The average Bonchev–Trinajstić information content (AvgIpc) is 2.97. The van der Waals surface area contributed by atoms with Crippen molar-refractivity contribution in [2.24, 2.45) is 5.73 Å². The second-order valence-corrected chi connectivity index (χ2v) is 4.30. The van der Waals surface area contributed by atoms with Gasteiger partial charge in [-0.15, -0.1) is 0 Å². The fraction of sp³-hybridized carbons (Fsp3) is 0.200. The molecule has 0 amide bonds. The van der Waals surface area contributed by atoms with Gasteiger partial charge in [0.15, 0.2) is 0 Å². The predicted octanol–water partition coefficient (Wildman–Crippen LogP) is 2.09. The van der Waals surface area contributed by atoms with Crippen molar-refractivity contribution in [2.45, 2.75) is 12.8 Å². The molecule has 0 bridgehead atoms. The fourth-order valence-corrected chi connectivity index (χ4v) is 2.10. The molecule has 0 aliphatic carbocycles. The molecular formula is C15H14N2O4. The van der Waals surface area contributed by atoms with Gasteiger partial charge >= 0.3 is 5.97 Å². The van der Waals surface area contributed by atoms with Gasteiger partial charge < -0.3 is 19.6 Å². The highest BCUT2D eigenvalue weighted by molar-refractivity contribution is 5.92. The molecular weight excluding hydrogens is 272 g/mol. The van der Waals surface area contributed by atoms with Gasteiger partial charge in [-0.05, 0) is 19.1 Å². The minimum atomic E-state index is -0.740. The van der Waals surface area contributed by atoms with Crippen LogP contribution in [-0.4, -0.2) is 12.6 Å². The van der Waals surface area contributed by atoms with Crippen molar-refractivity contribution < 1.29 is 18.7 Å². The Morgan fingerprint density at radius 1 is 1.67 bits per heavy atom. The zero-order valence-corrected chi connectivity index (χ0v) is 11.5. The van der Waals surface area contributed by atoms with Crippen molar-refractivity contribution in [3.63, 3.8) is 0 Å². The summed E-state index contributed by atoms with van der Waals surface area (Å²) in [7, 11) is 0. The molecule has 0 fully saturated rings. The summed E-state index contributed by atoms with van der Waals surface area (Å²) in [5, 5.41) is 9.29. The molecule has 0 saturated carbocycles. The van der Waals surface area contributed by atoms with Crippen LogP contribution in [0.15, 0.2) is 58.3 Å². The number of ether oxygens (including phenoxy) is 2. The van der Waals surface area contributed by atoms with Crippen LogP contribution in [0.5, 0.6) is 0 Å². The lowest BCUT2D eigenvalue weighted by molar-refractivity contribution is -0.138. The number of hydrogen-bond acceptors (Lipinski definition) is 6. The molecule has 108 valence electrons. The van der Waals surface area contributed by atoms with Crippen LogP contribution in [0.2, 0.25) is 0 Å². The maximum Gasteiger partial charge on any atom is 0.338 e. The number of esters is 1. The van der Waals surface area contributed by atoms with Gasteiger partial charge in [0.1, 0.15) is 29.8 Å². The Hall–Kier alpha value is -2.94. The maximum absolute atomic E-state index is 12.2. The highest BCUT2D eigenvalue weighted by Crippen LogP contribution is 2.39. The number of furan rings is 1. The van der Waals surface area contributed by atoms with Crippen LogP contribution in [-0.2, 0) is 14.3 Å². The molecule has 2 rings (SSSR count). The minimum Gasteiger partial charge on any atom is -0.468 e. The van der Waals surface area contributed by atoms with Crippen LogP contribution in [0.1, 0.15) is 18.6 Å². The van der Waals surface area contributed by atoms with Gasteiger partial charge in [0.05, 0.1) is 17.8 Å². The van der Waals surface area contributed by atoms with Crippen molar-refractivity contribution in [1.29, 1.82) is 5.26 Å². The van der Waals surface area contributed by atoms with Gasteiger partial charge in [-0.3, -0.25) is 0 Å². The monoisotopic (exact) mass is 286 g/mol. The highest BCUT2D eigenvalue weighted by Gasteiger charge is 2.37. The Labute approximate surface area is 121 Å². The highest BCUT2D eigenvalue weighted by atomic mass is 16.5. The van der Waals surface area contributed by atoms with E-state index in [4.69, 9.17) is 19.6 Å². The number of carbonyl (C=O) groups is 1. The van der Waals surface area contributed by atoms with E-state index in [-0.39, 0.29) is 29.4 Å². The SMILES string of the molecule is C=CCOC(=O)C1=C(C)OC(N)=C(C#N)[C@@H]1c1ccco1. The number of hydrogen-bond donors (Lipinski definition) is 1. The Morgan fingerprint density at radius 3 is 3.00 bits per heavy atom. The lowest BCUT2D eigenvalue weighted by Crippen LogP contribution is -2.25. The minimum absolute atomic E-state index is 0.0447. The predicted molar refractivity (Wildman–Crippen MR) is 73.2 cm³/mol. The van der Waals surface area contributed by atoms with Crippen molar-refractivity contribution in [1.82, 2.24) is 0 Å². The van der Waals surface area contributed by atoms with E-state index >= 15 is 0 Å². The van der Waals surface area contributed by atoms with E-state index in [9.17, 15) is 10.1 Å². The summed E-state index contributed by atoms with van der Waals surface area (Å²) >= 11 is 0. The van der Waals surface area contributed by atoms with E-state index in [1.54, 1.807) is 19.1 Å². The van der Waals surface area contributed by atoms with Gasteiger partial charge in [-0.25, -0.2) is 4.79 Å². The van der Waals surface area contributed by atoms with E-state index < -0.39 is 11.9 Å². The lowest BCUT2D eigenvalue weighted by atomic mass is 9.87. The number of nitrogens with zero attached hydrogens (tertiary/aromatic N) is 1. The number of allylic oxidation sites excluding steroid dienone is 2. The number of carbonyl (C=O) groups excluding carboxylic acids is 1. The molecule has 0 aromatic carbocycles. The molecule has 0 saturated heterocycles. The van der Waals surface area contributed by atoms with E-state index in [0.717, 1.165) is 0 Å². The Balaban J connectivity index is 2.49. The van der Waals surface area contributed by atoms with Crippen LogP contribution >= 0.6 is 0 Å². The zero-order chi connectivity index (χ0) is 15.4. The van der Waals surface area contributed by atoms with Crippen molar-refractivity contribution in [3.8, 4) is 6.07 Å². The molecule has 0 spiro atoms. The van der Waals surface area contributed by atoms with Crippen LogP contribution in [0.25, 0.3) is 0 Å². The largest absolute Gasteiger partial charge is 0.468 e. The molecule has 1 atom stereocenters. The van der Waals surface area contributed by atoms with Gasteiger partial charge in [0.2, 0.25) is 5.88 Å². The molecule has 0 radical (unpaired) electrons. The summed E-state index contributed by atoms with van der Waals surface area (Å²) in [6, 6.07) is 5.29. The molecule has 2 N–H and O–H groups in total. The number of nitrogens with two attached hydrogens (primary N) is 1. The molecule has 1 aromatic heterocycles. The first-order chi connectivity index (χ1) is 10.1. The molecule has 0 unspecified atom stereocenters. The summed E-state index contributed by atoms with van der Waals surface area (Å²) < 4.78 is 15.7. The first kappa shape index (κ1) is 14.5. The van der Waals surface area contributed by atoms with Gasteiger partial charge in [-0.1, -0.05) is 12.7 Å². The third-order valence-corrected chi connectivity index (χ3v) is 2.99. The third-order valence-electron chi connectivity index (χ3n) is 2.99. The van der Waals surface area contributed by atoms with E-state index in [1.807, 2.05) is 6.07 Å². The van der Waals surface area contributed by atoms with Crippen LogP contribution in [0, 0.1) is 11.3 Å². The molecule has 2 heterocycles. The first-order valence-corrected chi connectivity index (χ1v) is 6.20. The van der Waals surface area contributed by atoms with Crippen molar-refractivity contribution in [2.75, 3.05) is 6.61 Å². The molecule has 6 heteroatoms.